The number of carbonyl (C=O) groups is 3. The maximum Gasteiger partial charge on any atom is 0.278 e. The number of hydrogen-bond acceptors (Lipinski definition) is 12. The zero-order chi connectivity index (χ0) is 39.7. The topological polar surface area (TPSA) is 157 Å². The Labute approximate surface area is 338 Å². The molecule has 2 N–H and O–H groups in total. The first-order valence-electron chi connectivity index (χ1n) is 17.6. The number of β-lactam (4-membered cyclic amide) rings is 1. The summed E-state index contributed by atoms with van der Waals surface area (Å²) in [5.74, 6) is -3.01. The zero-order valence-electron chi connectivity index (χ0n) is 30.4. The van der Waals surface area contributed by atoms with Crippen LogP contribution in [0, 0.1) is 6.92 Å². The van der Waals surface area contributed by atoms with Crippen molar-refractivity contribution in [3.8, 4) is 0 Å². The minimum absolute atomic E-state index is 0.172. The number of fused-ring (bicyclic) bond motifs is 2. The maximum atomic E-state index is 13.8. The number of amides is 2. The van der Waals surface area contributed by atoms with Gasteiger partial charge in [-0.15, -0.1) is 11.8 Å². The number of hydrogen-bond donors (Lipinski definition) is 2. The van der Waals surface area contributed by atoms with Crippen LogP contribution >= 0.6 is 34.6 Å². The highest BCUT2D eigenvalue weighted by molar-refractivity contribution is 8.00. The number of nitrogens with one attached hydrogen (secondary N) is 2. The third kappa shape index (κ3) is 6.98. The predicted octanol–water partition coefficient (Wildman–Crippen LogP) is 4.15. The molecule has 17 heteroatoms. The van der Waals surface area contributed by atoms with E-state index in [9.17, 15) is 23.9 Å². The molecule has 5 heterocycles. The van der Waals surface area contributed by atoms with E-state index in [1.807, 2.05) is 133 Å². The summed E-state index contributed by atoms with van der Waals surface area (Å²) in [6, 6.07) is 28.3. The average Bonchev–Trinajstić information content (AvgIpc) is 3.93. The van der Waals surface area contributed by atoms with Crippen LogP contribution in [0.5, 0.6) is 0 Å². The van der Waals surface area contributed by atoms with E-state index in [1.165, 1.54) is 11.8 Å². The lowest BCUT2D eigenvalue weighted by atomic mass is 9.77. The van der Waals surface area contributed by atoms with Crippen molar-refractivity contribution in [2.75, 3.05) is 17.9 Å². The summed E-state index contributed by atoms with van der Waals surface area (Å²) in [4.78, 5) is 52.1. The van der Waals surface area contributed by atoms with Gasteiger partial charge < -0.3 is 25.4 Å². The molecule has 0 spiro atoms. The number of aryl methyl sites for hydroxylation is 2. The van der Waals surface area contributed by atoms with Gasteiger partial charge in [0.25, 0.3) is 18.7 Å². The molecule has 2 amide bonds. The van der Waals surface area contributed by atoms with Crippen molar-refractivity contribution in [1.82, 2.24) is 24.0 Å². The number of nitrogens with zero attached hydrogens (tertiary/aromatic N) is 6. The second kappa shape index (κ2) is 15.8. The molecule has 0 saturated carbocycles. The highest BCUT2D eigenvalue weighted by Crippen LogP contribution is 2.42. The number of carboxylic acid groups (broad SMARTS) is 1. The molecule has 2 aliphatic heterocycles. The molecule has 3 aromatic carbocycles. The molecule has 8 rings (SSSR count). The van der Waals surface area contributed by atoms with Crippen molar-refractivity contribution in [1.29, 1.82) is 0 Å². The smallest absolute Gasteiger partial charge is 0.278 e. The monoisotopic (exact) mass is 820 g/mol. The lowest BCUT2D eigenvalue weighted by Crippen LogP contribution is -2.71. The summed E-state index contributed by atoms with van der Waals surface area (Å²) >= 11 is 3.80. The van der Waals surface area contributed by atoms with Gasteiger partial charge >= 0.3 is 0 Å². The predicted molar refractivity (Wildman–Crippen MR) is 214 cm³/mol. The number of allylic oxidation sites excluding steroid dienone is 1. The Morgan fingerprint density at radius 1 is 1.04 bits per heavy atom. The minimum Gasteiger partial charge on any atom is -0.543 e. The van der Waals surface area contributed by atoms with Crippen molar-refractivity contribution < 1.29 is 33.3 Å². The molecule has 6 aromatic rings. The second-order valence-corrected chi connectivity index (χ2v) is 16.0. The Morgan fingerprint density at radius 2 is 1.67 bits per heavy atom. The maximum absolute atomic E-state index is 13.8. The Hall–Kier alpha value is -6.17. The Bertz CT molecular complexity index is 2480. The summed E-state index contributed by atoms with van der Waals surface area (Å²) in [5.41, 5.74) is 2.42. The highest BCUT2D eigenvalue weighted by Gasteiger charge is 2.53. The van der Waals surface area contributed by atoms with Gasteiger partial charge in [-0.1, -0.05) is 114 Å². The van der Waals surface area contributed by atoms with E-state index in [-0.39, 0.29) is 17.3 Å². The number of imidazole rings is 1. The summed E-state index contributed by atoms with van der Waals surface area (Å²) in [6.45, 7) is 0.632. The molecular weight excluding hydrogens is 788 g/mol. The van der Waals surface area contributed by atoms with Crippen molar-refractivity contribution >= 4 is 74.2 Å². The Morgan fingerprint density at radius 3 is 2.25 bits per heavy atom. The number of aromatic nitrogens is 4. The molecule has 1 fully saturated rings. The van der Waals surface area contributed by atoms with Crippen molar-refractivity contribution in [3.63, 3.8) is 0 Å². The van der Waals surface area contributed by atoms with Crippen molar-refractivity contribution in [2.24, 2.45) is 12.2 Å². The number of carboxylic acids is 1. The molecule has 0 bridgehead atoms. The molecule has 0 unspecified atom stereocenters. The third-order valence-corrected chi connectivity index (χ3v) is 12.8. The summed E-state index contributed by atoms with van der Waals surface area (Å²) < 4.78 is 21.7. The fraction of sp³-hybridized carbons (Fsp3) is 0.175. The Balaban J connectivity index is 1.05. The number of halogens is 1. The SMILES string of the molecule is Cc1c(C=CC2=C(C(=O)[O-])N3C(=O)[C@@H](NC(=O)/C(=N\OCF)c4nsc(NC(c5ccccc5)(c5ccccc5)c5ccccc5)n4)[C@H]3SC2)sc2c[n+](C)cn12. The van der Waals surface area contributed by atoms with E-state index in [0.29, 0.717) is 10.7 Å². The average molecular weight is 821 g/mol. The van der Waals surface area contributed by atoms with Crippen LogP contribution < -0.4 is 20.3 Å². The number of alkyl halides is 1. The molecule has 3 aromatic heterocycles. The van der Waals surface area contributed by atoms with Gasteiger partial charge in [-0.25, -0.2) is 8.96 Å². The van der Waals surface area contributed by atoms with Gasteiger partial charge in [0.05, 0.1) is 23.6 Å². The molecule has 0 aliphatic carbocycles. The lowest BCUT2D eigenvalue weighted by Gasteiger charge is -2.50. The molecule has 57 heavy (non-hydrogen) atoms. The van der Waals surface area contributed by atoms with Gasteiger partial charge in [0.15, 0.2) is 0 Å². The van der Waals surface area contributed by atoms with Crippen molar-refractivity contribution in [3.05, 3.63) is 154 Å². The number of aliphatic carboxylic acids is 1. The van der Waals surface area contributed by atoms with Crippen LogP contribution in [-0.4, -0.2) is 66.2 Å². The van der Waals surface area contributed by atoms with Crippen LogP contribution in [-0.2, 0) is 31.8 Å². The van der Waals surface area contributed by atoms with Crippen molar-refractivity contribution in [2.45, 2.75) is 23.9 Å². The van der Waals surface area contributed by atoms with Gasteiger partial charge in [-0.3, -0.25) is 14.5 Å². The lowest BCUT2D eigenvalue weighted by molar-refractivity contribution is -0.670. The van der Waals surface area contributed by atoms with Gasteiger partial charge in [-0.2, -0.15) is 13.8 Å². The largest absolute Gasteiger partial charge is 0.543 e. The number of benzene rings is 3. The zero-order valence-corrected chi connectivity index (χ0v) is 32.8. The molecule has 13 nitrogen and oxygen atoms in total. The Kier molecular flexibility index (Phi) is 10.4. The number of thiazole rings is 1. The number of anilines is 1. The van der Waals surface area contributed by atoms with Crippen LogP contribution in [0.2, 0.25) is 0 Å². The fourth-order valence-corrected chi connectivity index (χ4v) is 10.1. The molecule has 288 valence electrons. The second-order valence-electron chi connectivity index (χ2n) is 13.1. The standard InChI is InChI=1S/C40H33FN8O5S3/c1-24-29(56-30-20-47(2)23-48(24)30)19-18-25-21-55-37-32(36(51)49(37)33(25)38(52)53)42-35(50)31(45-54-22-41)34-43-39(57-46-34)44-40(26-12-6-3-7-13-26,27-14-8-4-9-15-27)28-16-10-5-11-17-28/h3-20,23,32,37H,21-22H2,1-2H3,(H2-,42,43,44,46,50,52,53)/b19-18?,45-31-/t32-,37-/m1/s1. The summed E-state index contributed by atoms with van der Waals surface area (Å²) in [5, 5.41) is 21.9. The highest BCUT2D eigenvalue weighted by atomic mass is 32.2. The number of rotatable bonds is 13. The number of carbonyl (C=O) groups excluding carboxylic acids is 3. The van der Waals surface area contributed by atoms with Gasteiger partial charge in [0.1, 0.15) is 28.8 Å². The third-order valence-electron chi connectivity index (χ3n) is 9.67. The summed E-state index contributed by atoms with van der Waals surface area (Å²) in [7, 11) is 1.94. The van der Waals surface area contributed by atoms with Crippen LogP contribution in [0.3, 0.4) is 0 Å². The van der Waals surface area contributed by atoms with E-state index in [1.54, 1.807) is 17.4 Å². The van der Waals surface area contributed by atoms with Crippen LogP contribution in [0.4, 0.5) is 9.52 Å². The molecule has 2 atom stereocenters. The van der Waals surface area contributed by atoms with E-state index in [0.717, 1.165) is 48.5 Å². The molecular formula is C40H33FN8O5S3. The van der Waals surface area contributed by atoms with Crippen LogP contribution in [0.1, 0.15) is 33.1 Å². The van der Waals surface area contributed by atoms with E-state index < -0.39 is 47.3 Å². The van der Waals surface area contributed by atoms with Gasteiger partial charge in [-0.05, 0) is 35.3 Å². The van der Waals surface area contributed by atoms with Gasteiger partial charge in [0.2, 0.25) is 27.8 Å². The van der Waals surface area contributed by atoms with Gasteiger partial charge in [0, 0.05) is 17.3 Å². The first kappa shape index (κ1) is 37.7. The fourth-order valence-electron chi connectivity index (χ4n) is 7.03. The normalized spacial score (nSPS) is 17.1. The molecule has 2 aliphatic rings. The summed E-state index contributed by atoms with van der Waals surface area (Å²) in [6.07, 6.45) is 7.46. The number of thioether (sulfide) groups is 1. The van der Waals surface area contributed by atoms with E-state index in [2.05, 4.69) is 30.0 Å². The quantitative estimate of drug-likeness (QED) is 0.0575. The van der Waals surface area contributed by atoms with Crippen LogP contribution in [0.25, 0.3) is 10.9 Å². The first-order valence-corrected chi connectivity index (χ1v) is 20.2. The van der Waals surface area contributed by atoms with Crippen LogP contribution in [0.15, 0.2) is 126 Å². The first-order chi connectivity index (χ1) is 27.7. The molecule has 0 radical (unpaired) electrons. The number of oxime groups is 1. The van der Waals surface area contributed by atoms with E-state index in [4.69, 9.17) is 0 Å². The van der Waals surface area contributed by atoms with E-state index >= 15 is 0 Å². The molecule has 1 saturated heterocycles. The minimum atomic E-state index is -1.51.